The van der Waals surface area contributed by atoms with Crippen molar-refractivity contribution < 1.29 is 14.1 Å². The van der Waals surface area contributed by atoms with Crippen molar-refractivity contribution in [3.8, 4) is 17.1 Å². The SMILES string of the molecule is COc1ccc(-c2noc(C3=NN(Cc4ccccc4)C(=O)CC3)n2)cc1. The first-order valence-corrected chi connectivity index (χ1v) is 8.63. The summed E-state index contributed by atoms with van der Waals surface area (Å²) in [6.07, 6.45) is 0.848. The maximum Gasteiger partial charge on any atom is 0.274 e. The number of carbonyl (C=O) groups is 1. The molecule has 4 rings (SSSR count). The summed E-state index contributed by atoms with van der Waals surface area (Å²) < 4.78 is 10.5. The number of ether oxygens (including phenoxy) is 1. The van der Waals surface area contributed by atoms with Gasteiger partial charge in [0.1, 0.15) is 11.5 Å². The van der Waals surface area contributed by atoms with E-state index in [4.69, 9.17) is 9.26 Å². The Kier molecular flexibility index (Phi) is 4.65. The van der Waals surface area contributed by atoms with E-state index in [1.54, 1.807) is 7.11 Å². The minimum absolute atomic E-state index is 0.0162. The maximum atomic E-state index is 12.2. The molecule has 3 aromatic rings. The van der Waals surface area contributed by atoms with Gasteiger partial charge in [0.05, 0.1) is 13.7 Å². The molecule has 0 spiro atoms. The summed E-state index contributed by atoms with van der Waals surface area (Å²) in [6, 6.07) is 17.1. The molecule has 136 valence electrons. The smallest absolute Gasteiger partial charge is 0.274 e. The van der Waals surface area contributed by atoms with Gasteiger partial charge in [-0.2, -0.15) is 10.1 Å². The topological polar surface area (TPSA) is 80.8 Å². The minimum Gasteiger partial charge on any atom is -0.497 e. The van der Waals surface area contributed by atoms with E-state index in [9.17, 15) is 4.79 Å². The van der Waals surface area contributed by atoms with Gasteiger partial charge in [-0.15, -0.1) is 0 Å². The quantitative estimate of drug-likeness (QED) is 0.696. The Balaban J connectivity index is 1.56. The van der Waals surface area contributed by atoms with Crippen LogP contribution in [0.15, 0.2) is 64.2 Å². The molecule has 2 heterocycles. The lowest BCUT2D eigenvalue weighted by atomic mass is 10.1. The number of methoxy groups -OCH3 is 1. The Bertz CT molecular complexity index is 964. The highest BCUT2D eigenvalue weighted by Crippen LogP contribution is 2.22. The number of nitrogens with zero attached hydrogens (tertiary/aromatic N) is 4. The summed E-state index contributed by atoms with van der Waals surface area (Å²) in [5.74, 6) is 1.56. The molecule has 0 saturated heterocycles. The Morgan fingerprint density at radius 2 is 1.85 bits per heavy atom. The molecule has 1 aliphatic heterocycles. The van der Waals surface area contributed by atoms with Gasteiger partial charge in [0.2, 0.25) is 11.7 Å². The Morgan fingerprint density at radius 1 is 1.07 bits per heavy atom. The fourth-order valence-electron chi connectivity index (χ4n) is 2.83. The van der Waals surface area contributed by atoms with E-state index < -0.39 is 0 Å². The van der Waals surface area contributed by atoms with Crippen LogP contribution < -0.4 is 4.74 Å². The second-order valence-corrected chi connectivity index (χ2v) is 6.14. The van der Waals surface area contributed by atoms with E-state index in [2.05, 4.69) is 15.2 Å². The normalized spacial score (nSPS) is 14.2. The van der Waals surface area contributed by atoms with Gasteiger partial charge in [0.15, 0.2) is 0 Å². The van der Waals surface area contributed by atoms with Crippen LogP contribution in [0.5, 0.6) is 5.75 Å². The predicted molar refractivity (Wildman–Crippen MR) is 99.0 cm³/mol. The Morgan fingerprint density at radius 3 is 2.59 bits per heavy atom. The minimum atomic E-state index is -0.0162. The van der Waals surface area contributed by atoms with Crippen molar-refractivity contribution in [2.75, 3.05) is 7.11 Å². The van der Waals surface area contributed by atoms with Gasteiger partial charge in [-0.05, 0) is 29.8 Å². The molecule has 0 radical (unpaired) electrons. The first-order valence-electron chi connectivity index (χ1n) is 8.63. The number of hydrogen-bond donors (Lipinski definition) is 0. The molecule has 2 aromatic carbocycles. The second kappa shape index (κ2) is 7.41. The van der Waals surface area contributed by atoms with Crippen molar-refractivity contribution in [1.29, 1.82) is 0 Å². The summed E-state index contributed by atoms with van der Waals surface area (Å²) >= 11 is 0. The average molecular weight is 362 g/mol. The van der Waals surface area contributed by atoms with E-state index >= 15 is 0 Å². The van der Waals surface area contributed by atoms with Crippen molar-refractivity contribution >= 4 is 11.6 Å². The van der Waals surface area contributed by atoms with Crippen molar-refractivity contribution in [1.82, 2.24) is 15.1 Å². The van der Waals surface area contributed by atoms with Crippen LogP contribution in [0.1, 0.15) is 24.3 Å². The van der Waals surface area contributed by atoms with Crippen LogP contribution in [-0.2, 0) is 11.3 Å². The fourth-order valence-corrected chi connectivity index (χ4v) is 2.83. The number of rotatable bonds is 5. The zero-order valence-corrected chi connectivity index (χ0v) is 14.8. The van der Waals surface area contributed by atoms with Gasteiger partial charge in [-0.3, -0.25) is 4.79 Å². The molecular weight excluding hydrogens is 344 g/mol. The molecule has 0 N–H and O–H groups in total. The van der Waals surface area contributed by atoms with Crippen LogP contribution in [-0.4, -0.2) is 33.9 Å². The largest absolute Gasteiger partial charge is 0.497 e. The highest BCUT2D eigenvalue weighted by Gasteiger charge is 2.25. The number of amides is 1. The molecule has 0 fully saturated rings. The average Bonchev–Trinajstić information content (AvgIpc) is 3.21. The lowest BCUT2D eigenvalue weighted by molar-refractivity contribution is -0.132. The van der Waals surface area contributed by atoms with Gasteiger partial charge in [-0.25, -0.2) is 5.01 Å². The van der Waals surface area contributed by atoms with Crippen LogP contribution in [0.2, 0.25) is 0 Å². The standard InChI is InChI=1S/C20H18N4O3/c1-26-16-9-7-15(8-10-16)19-21-20(27-23-19)17-11-12-18(25)24(22-17)13-14-5-3-2-4-6-14/h2-10H,11-13H2,1H3. The number of benzene rings is 2. The molecule has 0 unspecified atom stereocenters. The van der Waals surface area contributed by atoms with E-state index in [0.717, 1.165) is 16.9 Å². The number of carbonyl (C=O) groups excluding carboxylic acids is 1. The van der Waals surface area contributed by atoms with Crippen molar-refractivity contribution in [2.24, 2.45) is 5.10 Å². The molecule has 7 heteroatoms. The monoisotopic (exact) mass is 362 g/mol. The van der Waals surface area contributed by atoms with Crippen molar-refractivity contribution in [2.45, 2.75) is 19.4 Å². The van der Waals surface area contributed by atoms with Crippen LogP contribution in [0.3, 0.4) is 0 Å². The van der Waals surface area contributed by atoms with Crippen LogP contribution in [0.4, 0.5) is 0 Å². The van der Waals surface area contributed by atoms with Crippen molar-refractivity contribution in [3.63, 3.8) is 0 Å². The van der Waals surface area contributed by atoms with Crippen molar-refractivity contribution in [3.05, 3.63) is 66.1 Å². The summed E-state index contributed by atoms with van der Waals surface area (Å²) in [5, 5.41) is 9.94. The zero-order chi connectivity index (χ0) is 18.6. The zero-order valence-electron chi connectivity index (χ0n) is 14.8. The first-order chi connectivity index (χ1) is 13.2. The van der Waals surface area contributed by atoms with Crippen LogP contribution in [0, 0.1) is 0 Å². The molecule has 1 aromatic heterocycles. The first kappa shape index (κ1) is 17.0. The van der Waals surface area contributed by atoms with Crippen LogP contribution >= 0.6 is 0 Å². The predicted octanol–water partition coefficient (Wildman–Crippen LogP) is 3.27. The third-order valence-electron chi connectivity index (χ3n) is 4.30. The van der Waals surface area contributed by atoms with Gasteiger partial charge < -0.3 is 9.26 Å². The van der Waals surface area contributed by atoms with Gasteiger partial charge >= 0.3 is 0 Å². The number of aromatic nitrogens is 2. The van der Waals surface area contributed by atoms with Gasteiger partial charge in [0, 0.05) is 18.4 Å². The van der Waals surface area contributed by atoms with E-state index in [1.165, 1.54) is 5.01 Å². The third-order valence-corrected chi connectivity index (χ3v) is 4.30. The lowest BCUT2D eigenvalue weighted by Gasteiger charge is -2.22. The Labute approximate surface area is 156 Å². The molecule has 7 nitrogen and oxygen atoms in total. The van der Waals surface area contributed by atoms with E-state index in [-0.39, 0.29) is 5.91 Å². The summed E-state index contributed by atoms with van der Waals surface area (Å²) in [4.78, 5) is 16.6. The molecule has 1 aliphatic rings. The number of hydrogen-bond acceptors (Lipinski definition) is 6. The van der Waals surface area contributed by atoms with Gasteiger partial charge in [-0.1, -0.05) is 35.5 Å². The second-order valence-electron chi connectivity index (χ2n) is 6.14. The summed E-state index contributed by atoms with van der Waals surface area (Å²) in [7, 11) is 1.62. The number of hydrazone groups is 1. The highest BCUT2D eigenvalue weighted by atomic mass is 16.5. The molecule has 0 bridgehead atoms. The summed E-state index contributed by atoms with van der Waals surface area (Å²) in [6.45, 7) is 0.419. The Hall–Kier alpha value is -3.48. The molecule has 0 saturated carbocycles. The summed E-state index contributed by atoms with van der Waals surface area (Å²) in [5.41, 5.74) is 2.46. The van der Waals surface area contributed by atoms with Gasteiger partial charge in [0.25, 0.3) is 5.89 Å². The molecule has 1 amide bonds. The molecule has 0 aliphatic carbocycles. The third kappa shape index (κ3) is 3.72. The molecular formula is C20H18N4O3. The van der Waals surface area contributed by atoms with E-state index in [1.807, 2.05) is 54.6 Å². The highest BCUT2D eigenvalue weighted by molar-refractivity contribution is 6.01. The van der Waals surface area contributed by atoms with E-state index in [0.29, 0.717) is 36.8 Å². The lowest BCUT2D eigenvalue weighted by Crippen LogP contribution is -2.31. The fraction of sp³-hybridized carbons (Fsp3) is 0.200. The molecule has 0 atom stereocenters. The maximum absolute atomic E-state index is 12.2. The molecule has 27 heavy (non-hydrogen) atoms. The van der Waals surface area contributed by atoms with Crippen LogP contribution in [0.25, 0.3) is 11.4 Å².